The maximum Gasteiger partial charge on any atom is 0.152 e. The predicted molar refractivity (Wildman–Crippen MR) is 69.6 cm³/mol. The van der Waals surface area contributed by atoms with E-state index in [2.05, 4.69) is 4.99 Å². The average Bonchev–Trinajstić information content (AvgIpc) is 2.39. The Morgan fingerprint density at radius 2 is 2.06 bits per heavy atom. The molecule has 0 saturated carbocycles. The lowest BCUT2D eigenvalue weighted by molar-refractivity contribution is 0.112. The van der Waals surface area contributed by atoms with Crippen LogP contribution in [0.2, 0.25) is 0 Å². The molecule has 0 atom stereocenters. The smallest absolute Gasteiger partial charge is 0.152 e. The summed E-state index contributed by atoms with van der Waals surface area (Å²) in [5, 5.41) is 0. The van der Waals surface area contributed by atoms with Crippen molar-refractivity contribution in [2.75, 3.05) is 13.6 Å². The van der Waals surface area contributed by atoms with Crippen LogP contribution in [0, 0.1) is 5.82 Å². The average molecular weight is 238 g/mol. The molecule has 4 heteroatoms. The van der Waals surface area contributed by atoms with Gasteiger partial charge in [0.15, 0.2) is 6.29 Å². The number of carbonyl (C=O) groups excluding carboxylic acids is 1. The van der Waals surface area contributed by atoms with Crippen LogP contribution in [0.25, 0.3) is 0 Å². The molecule has 0 aliphatic rings. The van der Waals surface area contributed by atoms with Crippen LogP contribution in [0.4, 0.5) is 10.1 Å². The van der Waals surface area contributed by atoms with E-state index in [4.69, 9.17) is 0 Å². The van der Waals surface area contributed by atoms with Gasteiger partial charge in [0, 0.05) is 19.2 Å². The highest BCUT2D eigenvalue weighted by Gasteiger charge is 2.01. The van der Waals surface area contributed by atoms with Gasteiger partial charge in [0.25, 0.3) is 0 Å². The van der Waals surface area contributed by atoms with Crippen LogP contribution in [0.1, 0.15) is 31.1 Å². The summed E-state index contributed by atoms with van der Waals surface area (Å²) in [4.78, 5) is 16.6. The second kappa shape index (κ2) is 8.44. The summed E-state index contributed by atoms with van der Waals surface area (Å²) >= 11 is 0. The van der Waals surface area contributed by atoms with Crippen LogP contribution in [0.15, 0.2) is 23.2 Å². The first-order valence-electron chi connectivity index (χ1n) is 5.66. The molecule has 0 radical (unpaired) electrons. The summed E-state index contributed by atoms with van der Waals surface area (Å²) in [5.74, 6) is -0.431. The normalized spacial score (nSPS) is 9.71. The molecular weight excluding hydrogens is 219 g/mol. The summed E-state index contributed by atoms with van der Waals surface area (Å²) in [6, 6.07) is 3.94. The van der Waals surface area contributed by atoms with Gasteiger partial charge >= 0.3 is 0 Å². The van der Waals surface area contributed by atoms with Crippen molar-refractivity contribution in [3.63, 3.8) is 0 Å². The molecule has 0 unspecified atom stereocenters. The Hall–Kier alpha value is -1.71. The van der Waals surface area contributed by atoms with Crippen LogP contribution in [0.3, 0.4) is 0 Å². The monoisotopic (exact) mass is 238 g/mol. The fraction of sp³-hybridized carbons (Fsp3) is 0.385. The van der Waals surface area contributed by atoms with Crippen molar-refractivity contribution in [3.8, 4) is 0 Å². The largest absolute Gasteiger partial charge is 0.366 e. The van der Waals surface area contributed by atoms with Crippen molar-refractivity contribution in [1.29, 1.82) is 0 Å². The van der Waals surface area contributed by atoms with E-state index in [1.807, 2.05) is 32.7 Å². The molecule has 0 heterocycles. The highest BCUT2D eigenvalue weighted by Crippen LogP contribution is 2.17. The zero-order valence-corrected chi connectivity index (χ0v) is 10.8. The molecule has 3 nitrogen and oxygen atoms in total. The van der Waals surface area contributed by atoms with Crippen molar-refractivity contribution in [3.05, 3.63) is 29.6 Å². The summed E-state index contributed by atoms with van der Waals surface area (Å²) in [6.07, 6.45) is 2.21. The minimum atomic E-state index is -0.431. The van der Waals surface area contributed by atoms with E-state index in [0.29, 0.717) is 12.0 Å². The number of aldehydes is 1. The molecule has 1 rings (SSSR count). The number of rotatable bonds is 4. The second-order valence-electron chi connectivity index (χ2n) is 3.14. The SMILES string of the molecule is CC.CCN(C)C=Nc1ccc(F)cc1C=O. The van der Waals surface area contributed by atoms with Gasteiger partial charge in [-0.15, -0.1) is 0 Å². The Morgan fingerprint density at radius 1 is 1.41 bits per heavy atom. The minimum Gasteiger partial charge on any atom is -0.366 e. The topological polar surface area (TPSA) is 32.7 Å². The third-order valence-electron chi connectivity index (χ3n) is 2.01. The van der Waals surface area contributed by atoms with Crippen LogP contribution in [0.5, 0.6) is 0 Å². The molecule has 0 aromatic heterocycles. The molecule has 0 bridgehead atoms. The van der Waals surface area contributed by atoms with Gasteiger partial charge in [-0.25, -0.2) is 9.38 Å². The molecule has 0 N–H and O–H groups in total. The van der Waals surface area contributed by atoms with E-state index in [1.165, 1.54) is 18.2 Å². The summed E-state index contributed by atoms with van der Waals surface area (Å²) in [6.45, 7) is 6.80. The molecule has 1 aromatic carbocycles. The molecule has 0 fully saturated rings. The fourth-order valence-corrected chi connectivity index (χ4v) is 0.980. The van der Waals surface area contributed by atoms with Gasteiger partial charge in [0.05, 0.1) is 12.0 Å². The Bertz CT molecular complexity index is 378. The third-order valence-corrected chi connectivity index (χ3v) is 2.01. The lowest BCUT2D eigenvalue weighted by Gasteiger charge is -2.08. The van der Waals surface area contributed by atoms with Crippen molar-refractivity contribution >= 4 is 18.3 Å². The zero-order chi connectivity index (χ0) is 13.3. The Labute approximate surface area is 102 Å². The lowest BCUT2D eigenvalue weighted by Crippen LogP contribution is -2.14. The van der Waals surface area contributed by atoms with E-state index < -0.39 is 5.82 Å². The van der Waals surface area contributed by atoms with Gasteiger partial charge in [0.1, 0.15) is 5.82 Å². The fourth-order valence-electron chi connectivity index (χ4n) is 0.980. The molecule has 0 spiro atoms. The first-order valence-corrected chi connectivity index (χ1v) is 5.66. The van der Waals surface area contributed by atoms with Crippen molar-refractivity contribution < 1.29 is 9.18 Å². The van der Waals surface area contributed by atoms with E-state index in [0.717, 1.165) is 6.54 Å². The van der Waals surface area contributed by atoms with Crippen molar-refractivity contribution in [2.24, 2.45) is 4.99 Å². The summed E-state index contributed by atoms with van der Waals surface area (Å²) in [5.41, 5.74) is 0.738. The van der Waals surface area contributed by atoms with Gasteiger partial charge in [0.2, 0.25) is 0 Å². The van der Waals surface area contributed by atoms with Crippen LogP contribution >= 0.6 is 0 Å². The minimum absolute atomic E-state index is 0.260. The van der Waals surface area contributed by atoms with Gasteiger partial charge in [-0.1, -0.05) is 13.8 Å². The standard InChI is InChI=1S/C11H13FN2O.C2H6/c1-3-14(2)8-13-11-5-4-10(12)6-9(11)7-15;1-2/h4-8H,3H2,1-2H3;1-2H3. The molecule has 17 heavy (non-hydrogen) atoms. The predicted octanol–water partition coefficient (Wildman–Crippen LogP) is 3.28. The van der Waals surface area contributed by atoms with Crippen LogP contribution in [-0.2, 0) is 0 Å². The van der Waals surface area contributed by atoms with E-state index in [9.17, 15) is 9.18 Å². The first-order chi connectivity index (χ1) is 8.17. The van der Waals surface area contributed by atoms with Gasteiger partial charge < -0.3 is 4.90 Å². The number of nitrogens with zero attached hydrogens (tertiary/aromatic N) is 2. The van der Waals surface area contributed by atoms with Gasteiger partial charge in [-0.05, 0) is 25.1 Å². The Balaban J connectivity index is 0.00000121. The van der Waals surface area contributed by atoms with Crippen LogP contribution < -0.4 is 0 Å². The number of halogens is 1. The molecule has 94 valence electrons. The van der Waals surface area contributed by atoms with Gasteiger partial charge in [-0.2, -0.15) is 0 Å². The lowest BCUT2D eigenvalue weighted by atomic mass is 10.2. The van der Waals surface area contributed by atoms with Crippen molar-refractivity contribution in [2.45, 2.75) is 20.8 Å². The molecule has 0 aliphatic carbocycles. The van der Waals surface area contributed by atoms with Crippen LogP contribution in [-0.4, -0.2) is 31.1 Å². The Morgan fingerprint density at radius 3 is 2.59 bits per heavy atom. The highest BCUT2D eigenvalue weighted by atomic mass is 19.1. The van der Waals surface area contributed by atoms with Crippen molar-refractivity contribution in [1.82, 2.24) is 4.90 Å². The maximum atomic E-state index is 12.8. The molecule has 1 aromatic rings. The second-order valence-corrected chi connectivity index (χ2v) is 3.14. The molecule has 0 amide bonds. The zero-order valence-electron chi connectivity index (χ0n) is 10.8. The van der Waals surface area contributed by atoms with Gasteiger partial charge in [-0.3, -0.25) is 4.79 Å². The first kappa shape index (κ1) is 15.3. The number of carbonyl (C=O) groups is 1. The quantitative estimate of drug-likeness (QED) is 0.458. The van der Waals surface area contributed by atoms with E-state index >= 15 is 0 Å². The van der Waals surface area contributed by atoms with E-state index in [-0.39, 0.29) is 5.56 Å². The molecule has 0 aliphatic heterocycles. The number of hydrogen-bond acceptors (Lipinski definition) is 2. The number of benzene rings is 1. The summed E-state index contributed by atoms with van der Waals surface area (Å²) < 4.78 is 12.8. The number of aliphatic imine (C=N–C) groups is 1. The Kier molecular flexibility index (Phi) is 7.59. The molecular formula is C13H19FN2O. The number of hydrogen-bond donors (Lipinski definition) is 0. The molecule has 0 saturated heterocycles. The highest BCUT2D eigenvalue weighted by molar-refractivity contribution is 5.84. The van der Waals surface area contributed by atoms with E-state index in [1.54, 1.807) is 6.34 Å². The third kappa shape index (κ3) is 5.24. The summed E-state index contributed by atoms with van der Waals surface area (Å²) in [7, 11) is 1.87. The maximum absolute atomic E-state index is 12.8.